The van der Waals surface area contributed by atoms with E-state index < -0.39 is 0 Å². The van der Waals surface area contributed by atoms with Crippen LogP contribution in [0, 0.1) is 0 Å². The van der Waals surface area contributed by atoms with Gasteiger partial charge in [0.05, 0.1) is 24.9 Å². The third-order valence-electron chi connectivity index (χ3n) is 3.51. The number of rotatable bonds is 7. The van der Waals surface area contributed by atoms with Gasteiger partial charge in [-0.25, -0.2) is 0 Å². The molecule has 0 bridgehead atoms. The molecule has 0 unspecified atom stereocenters. The number of hydrogen-bond donors (Lipinski definition) is 1. The van der Waals surface area contributed by atoms with E-state index in [2.05, 4.69) is 17.3 Å². The topological polar surface area (TPSA) is 60.0 Å². The highest BCUT2D eigenvalue weighted by Gasteiger charge is 2.19. The molecule has 6 heteroatoms. The molecular weight excluding hydrogens is 284 g/mol. The molecule has 0 saturated carbocycles. The molecule has 1 atom stereocenters. The second-order valence-corrected chi connectivity index (χ2v) is 5.30. The Labute approximate surface area is 131 Å². The molecule has 0 radical (unpaired) electrons. The van der Waals surface area contributed by atoms with Crippen molar-refractivity contribution in [3.63, 3.8) is 0 Å². The SMILES string of the molecule is COCCOc1ccccc1C(=O)NC[C@@H]1CN(C)CCO1. The van der Waals surface area contributed by atoms with E-state index in [4.69, 9.17) is 14.2 Å². The van der Waals surface area contributed by atoms with Crippen LogP contribution in [-0.2, 0) is 9.47 Å². The van der Waals surface area contributed by atoms with Crippen LogP contribution in [0.5, 0.6) is 5.75 Å². The number of benzene rings is 1. The summed E-state index contributed by atoms with van der Waals surface area (Å²) in [6.07, 6.45) is 0.0317. The first-order valence-electron chi connectivity index (χ1n) is 7.50. The van der Waals surface area contributed by atoms with E-state index in [0.29, 0.717) is 37.7 Å². The molecule has 0 spiro atoms. The fourth-order valence-corrected chi connectivity index (χ4v) is 2.31. The fourth-order valence-electron chi connectivity index (χ4n) is 2.31. The lowest BCUT2D eigenvalue weighted by molar-refractivity contribution is -0.0175. The maximum Gasteiger partial charge on any atom is 0.255 e. The second-order valence-electron chi connectivity index (χ2n) is 5.30. The zero-order chi connectivity index (χ0) is 15.8. The molecule has 0 aliphatic carbocycles. The van der Waals surface area contributed by atoms with Crippen molar-refractivity contribution in [3.8, 4) is 5.75 Å². The fraction of sp³-hybridized carbons (Fsp3) is 0.562. The lowest BCUT2D eigenvalue weighted by atomic mass is 10.2. The van der Waals surface area contributed by atoms with E-state index in [9.17, 15) is 4.79 Å². The lowest BCUT2D eigenvalue weighted by Crippen LogP contribution is -2.45. The first kappa shape index (κ1) is 16.7. The minimum Gasteiger partial charge on any atom is -0.490 e. The van der Waals surface area contributed by atoms with Gasteiger partial charge in [-0.2, -0.15) is 0 Å². The Hall–Kier alpha value is -1.63. The predicted octanol–water partition coefficient (Wildman–Crippen LogP) is 0.772. The standard InChI is InChI=1S/C16H24N2O4/c1-18-7-8-21-13(12-18)11-17-16(19)14-5-3-4-6-15(14)22-10-9-20-2/h3-6,13H,7-12H2,1-2H3,(H,17,19)/t13-/m1/s1. The summed E-state index contributed by atoms with van der Waals surface area (Å²) in [6.45, 7) is 3.85. The maximum atomic E-state index is 12.3. The normalized spacial score (nSPS) is 18.9. The Kier molecular flexibility index (Phi) is 6.64. The van der Waals surface area contributed by atoms with Crippen LogP contribution in [0.25, 0.3) is 0 Å². The summed E-state index contributed by atoms with van der Waals surface area (Å²) in [4.78, 5) is 14.5. The summed E-state index contributed by atoms with van der Waals surface area (Å²) in [5, 5.41) is 2.92. The monoisotopic (exact) mass is 308 g/mol. The van der Waals surface area contributed by atoms with E-state index in [1.165, 1.54) is 0 Å². The summed E-state index contributed by atoms with van der Waals surface area (Å²) in [7, 11) is 3.67. The highest BCUT2D eigenvalue weighted by Crippen LogP contribution is 2.17. The smallest absolute Gasteiger partial charge is 0.255 e. The number of likely N-dealkylation sites (N-methyl/N-ethyl adjacent to an activating group) is 1. The van der Waals surface area contributed by atoms with E-state index in [0.717, 1.165) is 13.1 Å². The molecule has 2 rings (SSSR count). The number of hydrogen-bond acceptors (Lipinski definition) is 5. The van der Waals surface area contributed by atoms with Gasteiger partial charge in [0.1, 0.15) is 12.4 Å². The third-order valence-corrected chi connectivity index (χ3v) is 3.51. The molecular formula is C16H24N2O4. The summed E-state index contributed by atoms with van der Waals surface area (Å²) in [5.74, 6) is 0.420. The van der Waals surface area contributed by atoms with Crippen molar-refractivity contribution < 1.29 is 19.0 Å². The Morgan fingerprint density at radius 2 is 2.23 bits per heavy atom. The quantitative estimate of drug-likeness (QED) is 0.754. The van der Waals surface area contributed by atoms with Gasteiger partial charge in [0.15, 0.2) is 0 Å². The Morgan fingerprint density at radius 1 is 1.41 bits per heavy atom. The Bertz CT molecular complexity index is 481. The molecule has 22 heavy (non-hydrogen) atoms. The highest BCUT2D eigenvalue weighted by atomic mass is 16.5. The van der Waals surface area contributed by atoms with Crippen LogP contribution in [0.15, 0.2) is 24.3 Å². The maximum absolute atomic E-state index is 12.3. The predicted molar refractivity (Wildman–Crippen MR) is 83.4 cm³/mol. The van der Waals surface area contributed by atoms with Gasteiger partial charge >= 0.3 is 0 Å². The minimum absolute atomic E-state index is 0.0317. The van der Waals surface area contributed by atoms with Crippen LogP contribution in [0.1, 0.15) is 10.4 Å². The zero-order valence-electron chi connectivity index (χ0n) is 13.2. The number of morpholine rings is 1. The van der Waals surface area contributed by atoms with Gasteiger partial charge in [-0.3, -0.25) is 4.79 Å². The highest BCUT2D eigenvalue weighted by molar-refractivity contribution is 5.96. The van der Waals surface area contributed by atoms with Crippen LogP contribution in [0.4, 0.5) is 0 Å². The van der Waals surface area contributed by atoms with E-state index in [1.54, 1.807) is 19.2 Å². The first-order chi connectivity index (χ1) is 10.7. The number of nitrogens with zero attached hydrogens (tertiary/aromatic N) is 1. The summed E-state index contributed by atoms with van der Waals surface area (Å²) < 4.78 is 16.2. The van der Waals surface area contributed by atoms with Gasteiger partial charge in [0.25, 0.3) is 5.91 Å². The van der Waals surface area contributed by atoms with E-state index >= 15 is 0 Å². The number of carbonyl (C=O) groups excluding carboxylic acids is 1. The largest absolute Gasteiger partial charge is 0.490 e. The van der Waals surface area contributed by atoms with Crippen molar-refractivity contribution in [2.24, 2.45) is 0 Å². The lowest BCUT2D eigenvalue weighted by Gasteiger charge is -2.30. The van der Waals surface area contributed by atoms with Crippen LogP contribution in [-0.4, -0.2) is 70.5 Å². The van der Waals surface area contributed by atoms with Crippen molar-refractivity contribution >= 4 is 5.91 Å². The van der Waals surface area contributed by atoms with Gasteiger partial charge in [-0.15, -0.1) is 0 Å². The van der Waals surface area contributed by atoms with Crippen LogP contribution in [0.2, 0.25) is 0 Å². The third kappa shape index (κ3) is 4.98. The van der Waals surface area contributed by atoms with Crippen LogP contribution < -0.4 is 10.1 Å². The molecule has 1 aliphatic rings. The number of ether oxygens (including phenoxy) is 3. The van der Waals surface area contributed by atoms with Crippen molar-refractivity contribution in [2.45, 2.75) is 6.10 Å². The summed E-state index contributed by atoms with van der Waals surface area (Å²) in [5.41, 5.74) is 0.530. The van der Waals surface area contributed by atoms with Crippen LogP contribution in [0.3, 0.4) is 0 Å². The number of para-hydroxylation sites is 1. The van der Waals surface area contributed by atoms with Crippen molar-refractivity contribution in [2.75, 3.05) is 53.6 Å². The van der Waals surface area contributed by atoms with Gasteiger partial charge < -0.3 is 24.4 Å². The average Bonchev–Trinajstić information content (AvgIpc) is 2.53. The number of nitrogens with one attached hydrogen (secondary N) is 1. The molecule has 1 heterocycles. The summed E-state index contributed by atoms with van der Waals surface area (Å²) >= 11 is 0. The van der Waals surface area contributed by atoms with Crippen molar-refractivity contribution in [1.29, 1.82) is 0 Å². The molecule has 6 nitrogen and oxygen atoms in total. The van der Waals surface area contributed by atoms with Gasteiger partial charge in [0, 0.05) is 26.7 Å². The second kappa shape index (κ2) is 8.73. The van der Waals surface area contributed by atoms with Gasteiger partial charge in [-0.1, -0.05) is 12.1 Å². The number of amides is 1. The van der Waals surface area contributed by atoms with E-state index in [1.807, 2.05) is 12.1 Å². The molecule has 1 saturated heterocycles. The minimum atomic E-state index is -0.148. The summed E-state index contributed by atoms with van der Waals surface area (Å²) in [6, 6.07) is 7.21. The molecule has 1 aromatic carbocycles. The Balaban J connectivity index is 1.88. The van der Waals surface area contributed by atoms with Crippen molar-refractivity contribution in [3.05, 3.63) is 29.8 Å². The van der Waals surface area contributed by atoms with Crippen molar-refractivity contribution in [1.82, 2.24) is 10.2 Å². The van der Waals surface area contributed by atoms with Gasteiger partial charge in [-0.05, 0) is 19.2 Å². The Morgan fingerprint density at radius 3 is 3.00 bits per heavy atom. The zero-order valence-corrected chi connectivity index (χ0v) is 13.2. The molecule has 1 amide bonds. The van der Waals surface area contributed by atoms with Crippen LogP contribution >= 0.6 is 0 Å². The molecule has 1 aliphatic heterocycles. The van der Waals surface area contributed by atoms with Gasteiger partial charge in [0.2, 0.25) is 0 Å². The molecule has 122 valence electrons. The number of carbonyl (C=O) groups is 1. The molecule has 1 fully saturated rings. The first-order valence-corrected chi connectivity index (χ1v) is 7.50. The molecule has 1 N–H and O–H groups in total. The van der Waals surface area contributed by atoms with E-state index in [-0.39, 0.29) is 12.0 Å². The number of methoxy groups -OCH3 is 1. The average molecular weight is 308 g/mol. The molecule has 1 aromatic rings. The molecule has 0 aromatic heterocycles.